The number of carbonyl (C=O) groups excluding carboxylic acids is 1. The van der Waals surface area contributed by atoms with Crippen molar-refractivity contribution in [1.82, 2.24) is 10.6 Å². The maximum Gasteiger partial charge on any atom is 0.315 e. The van der Waals surface area contributed by atoms with E-state index in [9.17, 15) is 9.90 Å². The molecule has 0 heterocycles. The van der Waals surface area contributed by atoms with Crippen LogP contribution in [0, 0.1) is 0 Å². The van der Waals surface area contributed by atoms with Gasteiger partial charge in [0.15, 0.2) is 0 Å². The molecule has 0 saturated heterocycles. The molecular formula is C17H26N2O3. The first-order valence-electron chi connectivity index (χ1n) is 7.73. The van der Waals surface area contributed by atoms with Gasteiger partial charge in [-0.15, -0.1) is 0 Å². The molecule has 5 heteroatoms. The standard InChI is InChI=1S/C17H26N2O3/c1-11(17(2,3)21)18-16(20)19-14-8-13(9-14)12-6-5-7-15(10-12)22-4/h5-7,10-11,13-14,21H,8-9H2,1-4H3,(H2,18,19,20)/t11-,13?,14?/m0/s1. The van der Waals surface area contributed by atoms with Crippen LogP contribution in [0.2, 0.25) is 0 Å². The van der Waals surface area contributed by atoms with E-state index in [2.05, 4.69) is 22.8 Å². The van der Waals surface area contributed by atoms with Gasteiger partial charge < -0.3 is 20.5 Å². The summed E-state index contributed by atoms with van der Waals surface area (Å²) in [5.41, 5.74) is 0.322. The summed E-state index contributed by atoms with van der Waals surface area (Å²) in [6.07, 6.45) is 1.86. The summed E-state index contributed by atoms with van der Waals surface area (Å²) in [4.78, 5) is 11.9. The van der Waals surface area contributed by atoms with Gasteiger partial charge in [0.2, 0.25) is 0 Å². The minimum absolute atomic E-state index is 0.185. The minimum atomic E-state index is -0.930. The Balaban J connectivity index is 1.78. The third-order valence-electron chi connectivity index (χ3n) is 4.45. The second-order valence-corrected chi connectivity index (χ2v) is 6.64. The van der Waals surface area contributed by atoms with E-state index >= 15 is 0 Å². The Morgan fingerprint density at radius 3 is 2.68 bits per heavy atom. The maximum atomic E-state index is 11.9. The molecule has 3 N–H and O–H groups in total. The minimum Gasteiger partial charge on any atom is -0.497 e. The summed E-state index contributed by atoms with van der Waals surface area (Å²) < 4.78 is 5.24. The normalized spacial score (nSPS) is 22.4. The van der Waals surface area contributed by atoms with Crippen LogP contribution in [-0.4, -0.2) is 35.9 Å². The number of nitrogens with one attached hydrogen (secondary N) is 2. The van der Waals surface area contributed by atoms with Crippen molar-refractivity contribution in [3.05, 3.63) is 29.8 Å². The van der Waals surface area contributed by atoms with Crippen molar-refractivity contribution in [3.8, 4) is 5.75 Å². The van der Waals surface area contributed by atoms with Crippen LogP contribution in [0.3, 0.4) is 0 Å². The molecule has 0 spiro atoms. The van der Waals surface area contributed by atoms with Crippen LogP contribution in [0.15, 0.2) is 24.3 Å². The van der Waals surface area contributed by atoms with Gasteiger partial charge in [-0.25, -0.2) is 4.79 Å². The van der Waals surface area contributed by atoms with Crippen LogP contribution < -0.4 is 15.4 Å². The lowest BCUT2D eigenvalue weighted by molar-refractivity contribution is 0.0474. The van der Waals surface area contributed by atoms with Crippen LogP contribution in [0.4, 0.5) is 4.79 Å². The van der Waals surface area contributed by atoms with E-state index < -0.39 is 5.60 Å². The molecule has 0 bridgehead atoms. The van der Waals surface area contributed by atoms with Gasteiger partial charge in [0.25, 0.3) is 0 Å². The predicted octanol–water partition coefficient (Wildman–Crippen LogP) is 2.40. The zero-order chi connectivity index (χ0) is 16.3. The second kappa shape index (κ2) is 6.57. The highest BCUT2D eigenvalue weighted by Crippen LogP contribution is 2.37. The molecule has 5 nitrogen and oxygen atoms in total. The number of carbonyl (C=O) groups is 1. The molecule has 1 atom stereocenters. The average molecular weight is 306 g/mol. The third-order valence-corrected chi connectivity index (χ3v) is 4.45. The van der Waals surface area contributed by atoms with Gasteiger partial charge in [-0.05, 0) is 57.2 Å². The number of ether oxygens (including phenoxy) is 1. The summed E-state index contributed by atoms with van der Waals surface area (Å²) in [6.45, 7) is 5.15. The van der Waals surface area contributed by atoms with Gasteiger partial charge in [0.05, 0.1) is 18.8 Å². The van der Waals surface area contributed by atoms with E-state index in [4.69, 9.17) is 4.74 Å². The number of urea groups is 1. The Morgan fingerprint density at radius 1 is 1.41 bits per heavy atom. The molecule has 0 radical (unpaired) electrons. The fourth-order valence-corrected chi connectivity index (χ4v) is 2.50. The number of amides is 2. The lowest BCUT2D eigenvalue weighted by atomic mass is 9.76. The first-order valence-corrected chi connectivity index (χ1v) is 7.73. The smallest absolute Gasteiger partial charge is 0.315 e. The van der Waals surface area contributed by atoms with E-state index in [1.54, 1.807) is 27.9 Å². The highest BCUT2D eigenvalue weighted by atomic mass is 16.5. The van der Waals surface area contributed by atoms with Crippen LogP contribution in [-0.2, 0) is 0 Å². The van der Waals surface area contributed by atoms with Crippen LogP contribution in [0.5, 0.6) is 5.75 Å². The zero-order valence-electron chi connectivity index (χ0n) is 13.7. The first-order chi connectivity index (χ1) is 10.3. The molecule has 22 heavy (non-hydrogen) atoms. The molecular weight excluding hydrogens is 280 g/mol. The molecule has 1 saturated carbocycles. The molecule has 0 aromatic heterocycles. The number of rotatable bonds is 5. The molecule has 2 amide bonds. The maximum absolute atomic E-state index is 11.9. The van der Waals surface area contributed by atoms with Crippen molar-refractivity contribution in [2.75, 3.05) is 7.11 Å². The van der Waals surface area contributed by atoms with Crippen LogP contribution in [0.25, 0.3) is 0 Å². The number of benzene rings is 1. The quantitative estimate of drug-likeness (QED) is 0.782. The molecule has 1 fully saturated rings. The fraction of sp³-hybridized carbons (Fsp3) is 0.588. The van der Waals surface area contributed by atoms with Gasteiger partial charge in [-0.2, -0.15) is 0 Å². The van der Waals surface area contributed by atoms with E-state index in [1.807, 2.05) is 12.1 Å². The Morgan fingerprint density at radius 2 is 2.09 bits per heavy atom. The molecule has 2 rings (SSSR count). The SMILES string of the molecule is COc1cccc(C2CC(NC(=O)N[C@@H](C)C(C)(C)O)C2)c1. The summed E-state index contributed by atoms with van der Waals surface area (Å²) in [6, 6.07) is 7.74. The predicted molar refractivity (Wildman–Crippen MR) is 86.2 cm³/mol. The zero-order valence-corrected chi connectivity index (χ0v) is 13.7. The molecule has 1 aromatic rings. The number of hydrogen-bond donors (Lipinski definition) is 3. The third kappa shape index (κ3) is 4.13. The van der Waals surface area contributed by atoms with Gasteiger partial charge in [-0.1, -0.05) is 12.1 Å². The van der Waals surface area contributed by atoms with Crippen LogP contribution in [0.1, 0.15) is 45.1 Å². The highest BCUT2D eigenvalue weighted by molar-refractivity contribution is 5.74. The van der Waals surface area contributed by atoms with E-state index in [0.29, 0.717) is 5.92 Å². The lowest BCUT2D eigenvalue weighted by Crippen LogP contribution is -2.54. The average Bonchev–Trinajstić information content (AvgIpc) is 2.41. The van der Waals surface area contributed by atoms with E-state index in [1.165, 1.54) is 5.56 Å². The molecule has 1 aliphatic carbocycles. The number of hydrogen-bond acceptors (Lipinski definition) is 3. The first kappa shape index (κ1) is 16.6. The lowest BCUT2D eigenvalue weighted by Gasteiger charge is -2.37. The Kier molecular flexibility index (Phi) is 4.96. The Hall–Kier alpha value is -1.75. The largest absolute Gasteiger partial charge is 0.497 e. The Labute approximate surface area is 132 Å². The molecule has 1 aromatic carbocycles. The number of aliphatic hydroxyl groups is 1. The van der Waals surface area contributed by atoms with Gasteiger partial charge in [0.1, 0.15) is 5.75 Å². The van der Waals surface area contributed by atoms with Gasteiger partial charge >= 0.3 is 6.03 Å². The topological polar surface area (TPSA) is 70.6 Å². The molecule has 1 aliphatic rings. The number of methoxy groups -OCH3 is 1. The molecule has 0 unspecified atom stereocenters. The van der Waals surface area contributed by atoms with E-state index in [0.717, 1.165) is 18.6 Å². The monoisotopic (exact) mass is 306 g/mol. The van der Waals surface area contributed by atoms with Crippen molar-refractivity contribution in [2.45, 2.75) is 57.2 Å². The second-order valence-electron chi connectivity index (χ2n) is 6.64. The summed E-state index contributed by atoms with van der Waals surface area (Å²) in [5, 5.41) is 15.6. The fourth-order valence-electron chi connectivity index (χ4n) is 2.50. The molecule has 0 aliphatic heterocycles. The Bertz CT molecular complexity index is 519. The summed E-state index contributed by atoms with van der Waals surface area (Å²) >= 11 is 0. The van der Waals surface area contributed by atoms with Crippen molar-refractivity contribution in [2.24, 2.45) is 0 Å². The highest BCUT2D eigenvalue weighted by Gasteiger charge is 2.32. The summed E-state index contributed by atoms with van der Waals surface area (Å²) in [7, 11) is 1.67. The van der Waals surface area contributed by atoms with Gasteiger partial charge in [0, 0.05) is 6.04 Å². The molecule has 122 valence electrons. The van der Waals surface area contributed by atoms with E-state index in [-0.39, 0.29) is 18.1 Å². The van der Waals surface area contributed by atoms with Crippen molar-refractivity contribution in [3.63, 3.8) is 0 Å². The van der Waals surface area contributed by atoms with Gasteiger partial charge in [-0.3, -0.25) is 0 Å². The van der Waals surface area contributed by atoms with Crippen molar-refractivity contribution >= 4 is 6.03 Å². The van der Waals surface area contributed by atoms with Crippen LogP contribution >= 0.6 is 0 Å². The summed E-state index contributed by atoms with van der Waals surface area (Å²) in [5.74, 6) is 1.33. The van der Waals surface area contributed by atoms with Crippen molar-refractivity contribution in [1.29, 1.82) is 0 Å². The van der Waals surface area contributed by atoms with Crippen molar-refractivity contribution < 1.29 is 14.6 Å².